The zero-order chi connectivity index (χ0) is 24.2. The molecule has 4 amide bonds. The number of benzene rings is 2. The minimum absolute atomic E-state index is 0.132. The third-order valence-corrected chi connectivity index (χ3v) is 6.70. The van der Waals surface area contributed by atoms with Crippen LogP contribution in [0, 0.1) is 19.7 Å². The highest BCUT2D eigenvalue weighted by Crippen LogP contribution is 2.29. The Morgan fingerprint density at radius 1 is 0.882 bits per heavy atom. The van der Waals surface area contributed by atoms with Crippen molar-refractivity contribution in [3.8, 4) is 0 Å². The Morgan fingerprint density at radius 2 is 1.59 bits per heavy atom. The van der Waals surface area contributed by atoms with Crippen LogP contribution in [0.25, 0.3) is 0 Å². The molecule has 1 fully saturated rings. The van der Waals surface area contributed by atoms with E-state index in [1.54, 1.807) is 15.9 Å². The largest absolute Gasteiger partial charge is 0.334 e. The Balaban J connectivity index is 1.34. The standard InChI is InChI=1S/C25H25FN4O3S/c1-16-5-3-8-20(13-16)27-25(33)30-11-9-29(10-12-30)24(32)22-17(2)14-21(34-22)28-23(31)18-6-4-7-19(26)15-18/h3-8,13-15H,9-12H2,1-2H3,(H,27,33)(H,28,31). The number of piperazine rings is 1. The first-order valence-corrected chi connectivity index (χ1v) is 11.7. The van der Waals surface area contributed by atoms with Crippen molar-refractivity contribution < 1.29 is 18.8 Å². The van der Waals surface area contributed by atoms with Crippen LogP contribution in [-0.4, -0.2) is 53.8 Å². The fourth-order valence-corrected chi connectivity index (χ4v) is 4.79. The Kier molecular flexibility index (Phi) is 6.93. The molecule has 2 heterocycles. The molecule has 1 aliphatic heterocycles. The quantitative estimate of drug-likeness (QED) is 0.566. The lowest BCUT2D eigenvalue weighted by atomic mass is 10.2. The summed E-state index contributed by atoms with van der Waals surface area (Å²) in [7, 11) is 0. The first-order valence-electron chi connectivity index (χ1n) is 10.9. The topological polar surface area (TPSA) is 81.8 Å². The van der Waals surface area contributed by atoms with Crippen LogP contribution >= 0.6 is 11.3 Å². The molecule has 0 bridgehead atoms. The van der Waals surface area contributed by atoms with Crippen LogP contribution in [0.15, 0.2) is 54.6 Å². The Hall–Kier alpha value is -3.72. The summed E-state index contributed by atoms with van der Waals surface area (Å²) < 4.78 is 13.4. The van der Waals surface area contributed by atoms with E-state index in [0.29, 0.717) is 36.1 Å². The molecule has 0 aliphatic carbocycles. The van der Waals surface area contributed by atoms with Crippen molar-refractivity contribution in [2.24, 2.45) is 0 Å². The van der Waals surface area contributed by atoms with Crippen molar-refractivity contribution in [1.29, 1.82) is 0 Å². The zero-order valence-electron chi connectivity index (χ0n) is 18.9. The normalized spacial score (nSPS) is 13.5. The van der Waals surface area contributed by atoms with E-state index in [9.17, 15) is 18.8 Å². The molecule has 0 radical (unpaired) electrons. The minimum atomic E-state index is -0.488. The number of hydrogen-bond donors (Lipinski definition) is 2. The van der Waals surface area contributed by atoms with Crippen molar-refractivity contribution in [3.63, 3.8) is 0 Å². The Labute approximate surface area is 201 Å². The van der Waals surface area contributed by atoms with Gasteiger partial charge >= 0.3 is 6.03 Å². The van der Waals surface area contributed by atoms with Crippen LogP contribution in [0.5, 0.6) is 0 Å². The molecule has 2 aromatic carbocycles. The van der Waals surface area contributed by atoms with Crippen molar-refractivity contribution in [2.75, 3.05) is 36.8 Å². The van der Waals surface area contributed by atoms with E-state index in [1.165, 1.54) is 29.5 Å². The molecule has 7 nitrogen and oxygen atoms in total. The highest BCUT2D eigenvalue weighted by molar-refractivity contribution is 7.18. The van der Waals surface area contributed by atoms with Gasteiger partial charge in [-0.05, 0) is 61.4 Å². The van der Waals surface area contributed by atoms with Gasteiger partial charge in [0, 0.05) is 37.4 Å². The Morgan fingerprint density at radius 3 is 2.29 bits per heavy atom. The average molecular weight is 481 g/mol. The number of hydrogen-bond acceptors (Lipinski definition) is 4. The molecule has 0 unspecified atom stereocenters. The van der Waals surface area contributed by atoms with Gasteiger partial charge in [-0.2, -0.15) is 0 Å². The van der Waals surface area contributed by atoms with Gasteiger partial charge in [-0.25, -0.2) is 9.18 Å². The zero-order valence-corrected chi connectivity index (χ0v) is 19.7. The minimum Gasteiger partial charge on any atom is -0.334 e. The van der Waals surface area contributed by atoms with Crippen LogP contribution < -0.4 is 10.6 Å². The summed E-state index contributed by atoms with van der Waals surface area (Å²) in [6.45, 7) is 5.47. The lowest BCUT2D eigenvalue weighted by molar-refractivity contribution is 0.0675. The van der Waals surface area contributed by atoms with E-state index in [4.69, 9.17) is 0 Å². The second kappa shape index (κ2) is 10.0. The number of anilines is 2. The maximum atomic E-state index is 13.4. The molecule has 34 heavy (non-hydrogen) atoms. The third kappa shape index (κ3) is 5.43. The lowest BCUT2D eigenvalue weighted by Gasteiger charge is -2.34. The molecule has 1 aromatic heterocycles. The fourth-order valence-electron chi connectivity index (χ4n) is 3.75. The predicted octanol–water partition coefficient (Wildman–Crippen LogP) is 4.75. The highest BCUT2D eigenvalue weighted by Gasteiger charge is 2.27. The molecule has 1 aliphatic rings. The third-order valence-electron chi connectivity index (χ3n) is 5.56. The van der Waals surface area contributed by atoms with E-state index in [0.717, 1.165) is 22.9 Å². The lowest BCUT2D eigenvalue weighted by Crippen LogP contribution is -2.51. The van der Waals surface area contributed by atoms with E-state index in [-0.39, 0.29) is 17.5 Å². The first kappa shape index (κ1) is 23.4. The maximum absolute atomic E-state index is 13.4. The maximum Gasteiger partial charge on any atom is 0.321 e. The van der Waals surface area contributed by atoms with Gasteiger partial charge in [0.15, 0.2) is 0 Å². The number of amides is 4. The summed E-state index contributed by atoms with van der Waals surface area (Å²) in [5.41, 5.74) is 2.76. The molecule has 2 N–H and O–H groups in total. The van der Waals surface area contributed by atoms with E-state index >= 15 is 0 Å². The number of aryl methyl sites for hydroxylation is 2. The fraction of sp³-hybridized carbons (Fsp3) is 0.240. The molecular weight excluding hydrogens is 455 g/mol. The highest BCUT2D eigenvalue weighted by atomic mass is 32.1. The monoisotopic (exact) mass is 480 g/mol. The van der Waals surface area contributed by atoms with Crippen molar-refractivity contribution in [1.82, 2.24) is 9.80 Å². The van der Waals surface area contributed by atoms with Gasteiger partial charge in [-0.1, -0.05) is 18.2 Å². The van der Waals surface area contributed by atoms with Crippen LogP contribution in [0.1, 0.15) is 31.2 Å². The van der Waals surface area contributed by atoms with Gasteiger partial charge < -0.3 is 20.4 Å². The number of carbonyl (C=O) groups is 3. The molecule has 3 aromatic rings. The van der Waals surface area contributed by atoms with Crippen LogP contribution in [0.3, 0.4) is 0 Å². The summed E-state index contributed by atoms with van der Waals surface area (Å²) in [5.74, 6) is -1.06. The summed E-state index contributed by atoms with van der Waals surface area (Å²) in [6.07, 6.45) is 0. The van der Waals surface area contributed by atoms with Gasteiger partial charge in [-0.3, -0.25) is 9.59 Å². The smallest absolute Gasteiger partial charge is 0.321 e. The first-order chi connectivity index (χ1) is 16.3. The SMILES string of the molecule is Cc1cccc(NC(=O)N2CCN(C(=O)c3sc(NC(=O)c4cccc(F)c4)cc3C)CC2)c1. The van der Waals surface area contributed by atoms with Crippen molar-refractivity contribution >= 4 is 39.9 Å². The van der Waals surface area contributed by atoms with Gasteiger partial charge in [0.1, 0.15) is 5.82 Å². The number of rotatable bonds is 4. The summed E-state index contributed by atoms with van der Waals surface area (Å²) in [4.78, 5) is 42.0. The molecular formula is C25H25FN4O3S. The number of nitrogens with zero attached hydrogens (tertiary/aromatic N) is 2. The molecule has 4 rings (SSSR count). The number of halogens is 1. The Bertz CT molecular complexity index is 1230. The number of thiophene rings is 1. The van der Waals surface area contributed by atoms with Crippen molar-refractivity contribution in [3.05, 3.63) is 82.0 Å². The predicted molar refractivity (Wildman–Crippen MR) is 131 cm³/mol. The second-order valence-electron chi connectivity index (χ2n) is 8.17. The van der Waals surface area contributed by atoms with Gasteiger partial charge in [0.25, 0.3) is 11.8 Å². The van der Waals surface area contributed by atoms with E-state index < -0.39 is 11.7 Å². The molecule has 1 saturated heterocycles. The average Bonchev–Trinajstić information content (AvgIpc) is 3.18. The van der Waals surface area contributed by atoms with Gasteiger partial charge in [0.2, 0.25) is 0 Å². The van der Waals surface area contributed by atoms with E-state index in [2.05, 4.69) is 10.6 Å². The second-order valence-corrected chi connectivity index (χ2v) is 9.22. The summed E-state index contributed by atoms with van der Waals surface area (Å²) in [5, 5.41) is 6.15. The molecule has 0 saturated carbocycles. The van der Waals surface area contributed by atoms with Gasteiger partial charge in [0.05, 0.1) is 9.88 Å². The van der Waals surface area contributed by atoms with Crippen LogP contribution in [0.2, 0.25) is 0 Å². The number of urea groups is 1. The number of nitrogens with one attached hydrogen (secondary N) is 2. The molecule has 0 atom stereocenters. The van der Waals surface area contributed by atoms with Crippen molar-refractivity contribution in [2.45, 2.75) is 13.8 Å². The molecule has 9 heteroatoms. The summed E-state index contributed by atoms with van der Waals surface area (Å²) >= 11 is 1.19. The van der Waals surface area contributed by atoms with Crippen LogP contribution in [0.4, 0.5) is 19.9 Å². The van der Waals surface area contributed by atoms with Gasteiger partial charge in [-0.15, -0.1) is 11.3 Å². The summed E-state index contributed by atoms with van der Waals surface area (Å²) in [6, 6.07) is 14.6. The molecule has 0 spiro atoms. The molecule has 176 valence electrons. The van der Waals surface area contributed by atoms with E-state index in [1.807, 2.05) is 38.1 Å². The number of carbonyl (C=O) groups excluding carboxylic acids is 3. The van der Waals surface area contributed by atoms with Crippen LogP contribution in [-0.2, 0) is 0 Å².